The molecule has 4 heterocycles. The first-order chi connectivity index (χ1) is 32.5. The fraction of sp³-hybridized carbons (Fsp3) is 0.391. The smallest absolute Gasteiger partial charge is 0.335 e. The number of nitrogens with two attached hydrogens (primary N) is 2. The lowest BCUT2D eigenvalue weighted by Gasteiger charge is -2.30. The lowest BCUT2D eigenvalue weighted by atomic mass is 9.81. The Morgan fingerprint density at radius 2 is 0.913 bits per heavy atom. The summed E-state index contributed by atoms with van der Waals surface area (Å²) in [5.74, 6) is -1.84. The molecule has 4 aromatic rings. The second kappa shape index (κ2) is 26.6. The van der Waals surface area contributed by atoms with E-state index in [4.69, 9.17) is 59.1 Å². The van der Waals surface area contributed by atoms with Crippen LogP contribution in [0.25, 0.3) is 0 Å². The zero-order valence-corrected chi connectivity index (χ0v) is 36.8. The summed E-state index contributed by atoms with van der Waals surface area (Å²) in [6, 6.07) is 25.1. The molecule has 8 rings (SSSR count). The number of fused-ring (bicyclic) bond motifs is 2. The molecule has 23 heteroatoms. The minimum Gasteiger partial charge on any atom is -0.547 e. The number of quaternary nitrogens is 2. The van der Waals surface area contributed by atoms with E-state index in [1.807, 2.05) is 60.7 Å². The Labute approximate surface area is 392 Å². The van der Waals surface area contributed by atoms with Crippen molar-refractivity contribution in [3.8, 4) is 34.5 Å². The molecular weight excluding hydrogens is 922 g/mol. The van der Waals surface area contributed by atoms with Crippen molar-refractivity contribution in [2.45, 2.75) is 49.1 Å². The maximum absolute atomic E-state index is 13.2. The predicted octanol–water partition coefficient (Wildman–Crippen LogP) is -3.14. The number of ether oxygens (including phenoxy) is 6. The summed E-state index contributed by atoms with van der Waals surface area (Å²) in [4.78, 5) is 38.8. The summed E-state index contributed by atoms with van der Waals surface area (Å²) in [5.41, 5.74) is 2.40. The van der Waals surface area contributed by atoms with Gasteiger partial charge in [0, 0.05) is 48.6 Å². The van der Waals surface area contributed by atoms with E-state index >= 15 is 0 Å². The highest BCUT2D eigenvalue weighted by Gasteiger charge is 2.32. The van der Waals surface area contributed by atoms with E-state index in [2.05, 4.69) is 10.6 Å². The maximum atomic E-state index is 13.2. The Bertz CT molecular complexity index is 2090. The average Bonchev–Trinajstić information content (AvgIpc) is 4.02. The normalized spacial score (nSPS) is 20.1. The number of carboxylic acids is 4. The minimum atomic E-state index is -2.44. The summed E-state index contributed by atoms with van der Waals surface area (Å²) in [7, 11) is 0. The van der Waals surface area contributed by atoms with Crippen LogP contribution in [0, 0.1) is 23.5 Å². The van der Waals surface area contributed by atoms with Gasteiger partial charge in [0.2, 0.25) is 13.6 Å². The molecule has 4 aliphatic rings. The van der Waals surface area contributed by atoms with Crippen molar-refractivity contribution >= 4 is 23.9 Å². The molecule has 376 valence electrons. The SMILES string of the molecule is Fc1ccc([C@@H]2CC[NH2+]C[C@H]2COc2ccc3c(c2)OCO3)cc1.Fc1ccc([C@@H]2CC[NH2+]C[C@H]2COc2ccc3c(c2)OCO3)cc1.O.O=C(O)[C@H](O)[C@@H](O)C(=O)O.O=C([O-])[C@H](O)[C@@H](O)C(=O)[O-]. The summed E-state index contributed by atoms with van der Waals surface area (Å²) < 4.78 is 59.8. The fourth-order valence-electron chi connectivity index (χ4n) is 7.59. The Morgan fingerprint density at radius 3 is 1.25 bits per heavy atom. The average molecular weight is 977 g/mol. The molecular formula is C46H54F2N2O19. The highest BCUT2D eigenvalue weighted by Crippen LogP contribution is 2.37. The second-order valence-electron chi connectivity index (χ2n) is 15.8. The van der Waals surface area contributed by atoms with Gasteiger partial charge >= 0.3 is 11.9 Å². The van der Waals surface area contributed by atoms with E-state index in [1.54, 1.807) is 24.3 Å². The van der Waals surface area contributed by atoms with Gasteiger partial charge in [-0.25, -0.2) is 18.4 Å². The van der Waals surface area contributed by atoms with Gasteiger partial charge in [0.15, 0.2) is 35.2 Å². The van der Waals surface area contributed by atoms with Crippen molar-refractivity contribution in [1.82, 2.24) is 0 Å². The van der Waals surface area contributed by atoms with Crippen LogP contribution < -0.4 is 49.3 Å². The molecule has 0 radical (unpaired) electrons. The van der Waals surface area contributed by atoms with Crippen molar-refractivity contribution in [3.63, 3.8) is 0 Å². The van der Waals surface area contributed by atoms with Crippen molar-refractivity contribution < 1.29 is 113 Å². The second-order valence-corrected chi connectivity index (χ2v) is 15.8. The van der Waals surface area contributed by atoms with Crippen LogP contribution in [-0.2, 0) is 19.2 Å². The molecule has 0 aromatic heterocycles. The van der Waals surface area contributed by atoms with Crippen LogP contribution in [0.2, 0.25) is 0 Å². The first kappa shape index (κ1) is 54.7. The van der Waals surface area contributed by atoms with Crippen molar-refractivity contribution in [1.29, 1.82) is 0 Å². The number of carboxylic acid groups (broad SMARTS) is 4. The number of aliphatic hydroxyl groups is 4. The van der Waals surface area contributed by atoms with E-state index in [9.17, 15) is 38.2 Å². The van der Waals surface area contributed by atoms with E-state index in [0.29, 0.717) is 36.9 Å². The standard InChI is InChI=1S/2C19H20FNO3.2C4H6O6.H2O/c2*20-15-3-1-13(2-4-15)17-7-8-21-10-14(17)11-22-16-5-6-18-19(9-16)24-12-23-18;2*5-1(3(7)8)2(6)4(9)10;/h2*1-6,9,14,17,21H,7-8,10-12H2;2*1-2,5-6H,(H,7,8)(H,9,10);1H2/t2*14-,17-;2*1-,2-;/m0011./s1. The Balaban J connectivity index is 0.000000217. The molecule has 0 bridgehead atoms. The number of carbonyl (C=O) groups is 4. The number of benzene rings is 4. The molecule has 2 fully saturated rings. The first-order valence-corrected chi connectivity index (χ1v) is 21.3. The van der Waals surface area contributed by atoms with Crippen molar-refractivity contribution in [2.24, 2.45) is 11.8 Å². The van der Waals surface area contributed by atoms with Crippen LogP contribution in [-0.4, -0.2) is 137 Å². The van der Waals surface area contributed by atoms with E-state index in [-0.39, 0.29) is 30.7 Å². The fourth-order valence-corrected chi connectivity index (χ4v) is 7.59. The highest BCUT2D eigenvalue weighted by molar-refractivity contribution is 5.83. The lowest BCUT2D eigenvalue weighted by Crippen LogP contribution is -2.88. The molecule has 0 spiro atoms. The molecule has 69 heavy (non-hydrogen) atoms. The van der Waals surface area contributed by atoms with Crippen molar-refractivity contribution in [2.75, 3.05) is 53.0 Å². The Hall–Kier alpha value is -6.86. The number of carbonyl (C=O) groups excluding carboxylic acids is 2. The van der Waals surface area contributed by atoms with Crippen molar-refractivity contribution in [3.05, 3.63) is 108 Å². The molecule has 4 aliphatic heterocycles. The predicted molar refractivity (Wildman–Crippen MR) is 227 cm³/mol. The molecule has 2 saturated heterocycles. The summed E-state index contributed by atoms with van der Waals surface area (Å²) in [5, 5.41) is 72.9. The van der Waals surface area contributed by atoms with E-state index in [0.717, 1.165) is 73.5 Å². The van der Waals surface area contributed by atoms with Gasteiger partial charge in [-0.2, -0.15) is 0 Å². The zero-order chi connectivity index (χ0) is 49.3. The first-order valence-electron chi connectivity index (χ1n) is 21.3. The third kappa shape index (κ3) is 16.1. The Kier molecular flexibility index (Phi) is 21.1. The maximum Gasteiger partial charge on any atom is 0.335 e. The third-order valence-corrected chi connectivity index (χ3v) is 11.2. The topological polar surface area (TPSA) is 356 Å². The Morgan fingerprint density at radius 1 is 0.565 bits per heavy atom. The van der Waals surface area contributed by atoms with Crippen LogP contribution in [0.4, 0.5) is 8.78 Å². The van der Waals surface area contributed by atoms with E-state index < -0.39 is 48.3 Å². The number of hydrogen-bond donors (Lipinski definition) is 8. The minimum absolute atomic E-state index is 0. The zero-order valence-electron chi connectivity index (χ0n) is 36.8. The van der Waals surface area contributed by atoms with Crippen LogP contribution in [0.1, 0.15) is 35.8 Å². The molecule has 0 amide bonds. The summed E-state index contributed by atoms with van der Waals surface area (Å²) in [6.07, 6.45) is -7.24. The van der Waals surface area contributed by atoms with Gasteiger partial charge < -0.3 is 95.0 Å². The molecule has 8 atom stereocenters. The van der Waals surface area contributed by atoms with Crippen LogP contribution in [0.5, 0.6) is 34.5 Å². The van der Waals surface area contributed by atoms with Gasteiger partial charge in [0.1, 0.15) is 35.3 Å². The van der Waals surface area contributed by atoms with Crippen LogP contribution in [0.15, 0.2) is 84.9 Å². The largest absolute Gasteiger partial charge is 0.547 e. The summed E-state index contributed by atoms with van der Waals surface area (Å²) >= 11 is 0. The van der Waals surface area contributed by atoms with Gasteiger partial charge in [-0.15, -0.1) is 0 Å². The van der Waals surface area contributed by atoms with Gasteiger partial charge in [0.05, 0.1) is 51.3 Å². The monoisotopic (exact) mass is 976 g/mol. The van der Waals surface area contributed by atoms with Crippen LogP contribution >= 0.6 is 0 Å². The molecule has 0 aliphatic carbocycles. The molecule has 12 N–H and O–H groups in total. The number of hydrogen-bond acceptors (Lipinski definition) is 16. The molecule has 0 unspecified atom stereocenters. The number of aliphatic carboxylic acids is 4. The number of piperidine rings is 2. The highest BCUT2D eigenvalue weighted by atomic mass is 19.1. The molecule has 4 aromatic carbocycles. The third-order valence-electron chi connectivity index (χ3n) is 11.2. The quantitative estimate of drug-likeness (QED) is 0.0619. The lowest BCUT2D eigenvalue weighted by molar-refractivity contribution is -0.670. The number of aliphatic hydroxyl groups excluding tert-OH is 4. The van der Waals surface area contributed by atoms with Gasteiger partial charge in [-0.05, 0) is 59.7 Å². The molecule has 0 saturated carbocycles. The van der Waals surface area contributed by atoms with E-state index in [1.165, 1.54) is 11.1 Å². The number of rotatable bonds is 14. The number of halogens is 2. The summed E-state index contributed by atoms with van der Waals surface area (Å²) in [6.45, 7) is 6.05. The van der Waals surface area contributed by atoms with Crippen LogP contribution in [0.3, 0.4) is 0 Å². The van der Waals surface area contributed by atoms with Gasteiger partial charge in [-0.3, -0.25) is 0 Å². The van der Waals surface area contributed by atoms with Gasteiger partial charge in [-0.1, -0.05) is 24.3 Å². The van der Waals surface area contributed by atoms with Gasteiger partial charge in [0.25, 0.3) is 0 Å². The molecule has 21 nitrogen and oxygen atoms in total.